The van der Waals surface area contributed by atoms with E-state index >= 15 is 0 Å². The maximum atomic E-state index is 12.5. The van der Waals surface area contributed by atoms with Crippen LogP contribution in [0.4, 0.5) is 0 Å². The number of rotatable bonds is 68. The maximum absolute atomic E-state index is 12.5. The third-order valence-electron chi connectivity index (χ3n) is 17.0. The fourth-order valence-corrected chi connectivity index (χ4v) is 11.5. The van der Waals surface area contributed by atoms with Crippen LogP contribution in [0.3, 0.4) is 0 Å². The van der Waals surface area contributed by atoms with Crippen LogP contribution in [-0.2, 0) is 14.3 Å². The molecule has 468 valence electrons. The van der Waals surface area contributed by atoms with Crippen LogP contribution in [0.5, 0.6) is 0 Å². The maximum Gasteiger partial charge on any atom is 0.305 e. The molecule has 0 fully saturated rings. The molecule has 0 aromatic rings. The molecule has 0 aromatic carbocycles. The van der Waals surface area contributed by atoms with Crippen LogP contribution >= 0.6 is 0 Å². The Bertz CT molecular complexity index is 1230. The molecular weight excluding hydrogens is 971 g/mol. The largest absolute Gasteiger partial charge is 0.466 e. The van der Waals surface area contributed by atoms with E-state index in [1.54, 1.807) is 0 Å². The third-order valence-corrected chi connectivity index (χ3v) is 17.0. The number of ether oxygens (including phenoxy) is 1. The van der Waals surface area contributed by atoms with Crippen molar-refractivity contribution >= 4 is 11.9 Å². The number of esters is 1. The number of carbonyl (C=O) groups is 2. The number of aliphatic hydroxyl groups is 2. The SMILES string of the molecule is CCCCCCCCCCCCCCC(=O)OCCCCCCCCCCCCCCCCC/C=C\C/C=C\CCCCCCCCCCCCCCCCCCCC(=O)NC(CO)C(O)CCCCCCCCCCCCC. The van der Waals surface area contributed by atoms with Crippen LogP contribution < -0.4 is 5.32 Å². The van der Waals surface area contributed by atoms with Crippen molar-refractivity contribution in [3.8, 4) is 0 Å². The fourth-order valence-electron chi connectivity index (χ4n) is 11.5. The van der Waals surface area contributed by atoms with E-state index in [9.17, 15) is 19.8 Å². The molecular formula is C73H141NO5. The van der Waals surface area contributed by atoms with Crippen LogP contribution in [0, 0.1) is 0 Å². The van der Waals surface area contributed by atoms with Crippen molar-refractivity contribution < 1.29 is 24.5 Å². The number of unbranched alkanes of at least 4 members (excludes halogenated alkanes) is 53. The summed E-state index contributed by atoms with van der Waals surface area (Å²) in [6.45, 7) is 4.97. The molecule has 0 radical (unpaired) electrons. The van der Waals surface area contributed by atoms with E-state index in [4.69, 9.17) is 4.74 Å². The highest BCUT2D eigenvalue weighted by molar-refractivity contribution is 5.76. The lowest BCUT2D eigenvalue weighted by Crippen LogP contribution is -2.45. The Morgan fingerprint density at radius 1 is 0.354 bits per heavy atom. The zero-order valence-corrected chi connectivity index (χ0v) is 53.6. The van der Waals surface area contributed by atoms with Gasteiger partial charge in [0.2, 0.25) is 5.91 Å². The molecule has 79 heavy (non-hydrogen) atoms. The summed E-state index contributed by atoms with van der Waals surface area (Å²) < 4.78 is 5.48. The second-order valence-electron chi connectivity index (χ2n) is 24.9. The van der Waals surface area contributed by atoms with Gasteiger partial charge in [0.05, 0.1) is 25.4 Å². The summed E-state index contributed by atoms with van der Waals surface area (Å²) >= 11 is 0. The zero-order chi connectivity index (χ0) is 57.1. The predicted molar refractivity (Wildman–Crippen MR) is 347 cm³/mol. The van der Waals surface area contributed by atoms with Crippen molar-refractivity contribution in [3.05, 3.63) is 24.3 Å². The van der Waals surface area contributed by atoms with E-state index in [2.05, 4.69) is 43.5 Å². The van der Waals surface area contributed by atoms with Crippen LogP contribution in [0.2, 0.25) is 0 Å². The molecule has 0 aliphatic rings. The zero-order valence-electron chi connectivity index (χ0n) is 53.6. The first-order valence-corrected chi connectivity index (χ1v) is 36.1. The topological polar surface area (TPSA) is 95.9 Å². The first-order chi connectivity index (χ1) is 39.0. The molecule has 3 N–H and O–H groups in total. The Morgan fingerprint density at radius 2 is 0.633 bits per heavy atom. The van der Waals surface area contributed by atoms with Gasteiger partial charge in [0.15, 0.2) is 0 Å². The van der Waals surface area contributed by atoms with Crippen molar-refractivity contribution in [1.29, 1.82) is 0 Å². The van der Waals surface area contributed by atoms with Gasteiger partial charge in [-0.15, -0.1) is 0 Å². The van der Waals surface area contributed by atoms with Crippen LogP contribution in [-0.4, -0.2) is 47.4 Å². The normalized spacial score (nSPS) is 12.6. The van der Waals surface area contributed by atoms with Crippen molar-refractivity contribution in [1.82, 2.24) is 5.32 Å². The number of hydrogen-bond acceptors (Lipinski definition) is 5. The number of amides is 1. The second-order valence-corrected chi connectivity index (χ2v) is 24.9. The molecule has 0 aliphatic carbocycles. The lowest BCUT2D eigenvalue weighted by Gasteiger charge is -2.22. The van der Waals surface area contributed by atoms with Crippen LogP contribution in [0.15, 0.2) is 24.3 Å². The lowest BCUT2D eigenvalue weighted by molar-refractivity contribution is -0.143. The van der Waals surface area contributed by atoms with Crippen molar-refractivity contribution in [2.75, 3.05) is 13.2 Å². The summed E-state index contributed by atoms with van der Waals surface area (Å²) in [6.07, 6.45) is 86.9. The summed E-state index contributed by atoms with van der Waals surface area (Å²) in [5, 5.41) is 23.2. The molecule has 0 saturated heterocycles. The molecule has 0 rings (SSSR count). The molecule has 0 aliphatic heterocycles. The quantitative estimate of drug-likeness (QED) is 0.0320. The van der Waals surface area contributed by atoms with Gasteiger partial charge < -0.3 is 20.3 Å². The van der Waals surface area contributed by atoms with Gasteiger partial charge >= 0.3 is 5.97 Å². The summed E-state index contributed by atoms with van der Waals surface area (Å²) in [5.74, 6) is -0.00938. The first-order valence-electron chi connectivity index (χ1n) is 36.1. The molecule has 0 heterocycles. The third kappa shape index (κ3) is 65.4. The molecule has 2 unspecified atom stereocenters. The van der Waals surface area contributed by atoms with Crippen LogP contribution in [0.25, 0.3) is 0 Å². The molecule has 6 heteroatoms. The Balaban J connectivity index is 3.33. The highest BCUT2D eigenvalue weighted by atomic mass is 16.5. The smallest absolute Gasteiger partial charge is 0.305 e. The standard InChI is InChI=1S/C73H141NO5/c1-3-5-7-9-11-13-15-47-51-55-59-63-67-73(78)79-68-64-60-56-52-48-44-42-40-38-36-34-32-30-28-26-24-22-20-18-16-17-19-21-23-25-27-29-31-33-35-37-39-41-43-46-50-54-58-62-66-72(77)74-70(69-75)71(76)65-61-57-53-49-45-14-12-10-8-6-4-2/h16-17,20,22,70-71,75-76H,3-15,18-19,21,23-69H2,1-2H3,(H,74,77)/b17-16-,22-20-. The molecule has 0 spiro atoms. The molecule has 0 aromatic heterocycles. The summed E-state index contributed by atoms with van der Waals surface area (Å²) in [4.78, 5) is 24.5. The fraction of sp³-hybridized carbons (Fsp3) is 0.918. The Morgan fingerprint density at radius 3 is 0.962 bits per heavy atom. The minimum atomic E-state index is -0.660. The summed E-state index contributed by atoms with van der Waals surface area (Å²) in [5.41, 5.74) is 0. The van der Waals surface area contributed by atoms with Gasteiger partial charge in [-0.2, -0.15) is 0 Å². The number of carbonyl (C=O) groups excluding carboxylic acids is 2. The Hall–Kier alpha value is -1.66. The highest BCUT2D eigenvalue weighted by Gasteiger charge is 2.20. The summed E-state index contributed by atoms with van der Waals surface area (Å²) in [6, 6.07) is -0.537. The molecule has 2 atom stereocenters. The van der Waals surface area contributed by atoms with Crippen molar-refractivity contribution in [2.24, 2.45) is 0 Å². The number of allylic oxidation sites excluding steroid dienone is 4. The van der Waals surface area contributed by atoms with E-state index in [0.717, 1.165) is 44.9 Å². The van der Waals surface area contributed by atoms with E-state index in [1.807, 2.05) is 0 Å². The van der Waals surface area contributed by atoms with E-state index in [-0.39, 0.29) is 18.5 Å². The van der Waals surface area contributed by atoms with Crippen molar-refractivity contribution in [2.45, 2.75) is 418 Å². The number of aliphatic hydroxyl groups excluding tert-OH is 2. The summed E-state index contributed by atoms with van der Waals surface area (Å²) in [7, 11) is 0. The Labute approximate surface area is 494 Å². The van der Waals surface area contributed by atoms with Gasteiger partial charge in [0.25, 0.3) is 0 Å². The molecule has 0 bridgehead atoms. The Kier molecular flexibility index (Phi) is 67.4. The van der Waals surface area contributed by atoms with Crippen LogP contribution in [0.1, 0.15) is 406 Å². The van der Waals surface area contributed by atoms with Gasteiger partial charge in [-0.3, -0.25) is 9.59 Å². The van der Waals surface area contributed by atoms with E-state index in [1.165, 1.54) is 327 Å². The number of hydrogen-bond donors (Lipinski definition) is 3. The minimum Gasteiger partial charge on any atom is -0.466 e. The van der Waals surface area contributed by atoms with Crippen molar-refractivity contribution in [3.63, 3.8) is 0 Å². The van der Waals surface area contributed by atoms with Gasteiger partial charge in [-0.05, 0) is 57.8 Å². The monoisotopic (exact) mass is 1110 g/mol. The average Bonchev–Trinajstić information content (AvgIpc) is 3.45. The first kappa shape index (κ1) is 77.3. The highest BCUT2D eigenvalue weighted by Crippen LogP contribution is 2.19. The molecule has 0 saturated carbocycles. The van der Waals surface area contributed by atoms with E-state index in [0.29, 0.717) is 25.9 Å². The molecule has 1 amide bonds. The predicted octanol–water partition coefficient (Wildman–Crippen LogP) is 23.3. The second kappa shape index (κ2) is 68.8. The van der Waals surface area contributed by atoms with Gasteiger partial charge in [0, 0.05) is 12.8 Å². The van der Waals surface area contributed by atoms with Gasteiger partial charge in [-0.1, -0.05) is 359 Å². The minimum absolute atomic E-state index is 0.0215. The van der Waals surface area contributed by atoms with E-state index < -0.39 is 12.1 Å². The van der Waals surface area contributed by atoms with Gasteiger partial charge in [0.1, 0.15) is 0 Å². The number of nitrogens with one attached hydrogen (secondary N) is 1. The molecule has 6 nitrogen and oxygen atoms in total. The average molecular weight is 1110 g/mol. The van der Waals surface area contributed by atoms with Gasteiger partial charge in [-0.25, -0.2) is 0 Å². The lowest BCUT2D eigenvalue weighted by atomic mass is 10.0.